The van der Waals surface area contributed by atoms with Crippen molar-refractivity contribution in [1.82, 2.24) is 20.5 Å². The number of H-pyrrole nitrogens is 1. The number of carbonyl (C=O) groups is 1. The van der Waals surface area contributed by atoms with Crippen molar-refractivity contribution in [3.8, 4) is 0 Å². The van der Waals surface area contributed by atoms with Crippen LogP contribution in [0.5, 0.6) is 0 Å². The molecule has 1 amide bonds. The van der Waals surface area contributed by atoms with Crippen LogP contribution in [0.2, 0.25) is 0 Å². The fourth-order valence-corrected chi connectivity index (χ4v) is 3.86. The molecule has 0 bridgehead atoms. The minimum atomic E-state index is -1.11. The molecule has 2 aromatic carbocycles. The highest BCUT2D eigenvalue weighted by Crippen LogP contribution is 2.34. The molecule has 0 saturated heterocycles. The highest BCUT2D eigenvalue weighted by Gasteiger charge is 2.33. The number of nitrogens with zero attached hydrogens (tertiary/aromatic N) is 3. The van der Waals surface area contributed by atoms with Crippen molar-refractivity contribution >= 4 is 11.6 Å². The van der Waals surface area contributed by atoms with Crippen molar-refractivity contribution in [2.75, 3.05) is 11.9 Å². The Kier molecular flexibility index (Phi) is 5.42. The number of aliphatic hydroxyl groups excluding tert-OH is 1. The summed E-state index contributed by atoms with van der Waals surface area (Å²) in [5.41, 5.74) is 3.14. The summed E-state index contributed by atoms with van der Waals surface area (Å²) >= 11 is 0. The molecule has 150 valence electrons. The first kappa shape index (κ1) is 19.3. The number of amides is 1. The van der Waals surface area contributed by atoms with E-state index in [2.05, 4.69) is 33.5 Å². The number of aliphatic hydroxyl groups is 1. The van der Waals surface area contributed by atoms with Crippen molar-refractivity contribution < 1.29 is 9.90 Å². The van der Waals surface area contributed by atoms with Crippen LogP contribution in [-0.4, -0.2) is 39.3 Å². The quantitative estimate of drug-likeness (QED) is 0.581. The maximum absolute atomic E-state index is 13.0. The van der Waals surface area contributed by atoms with E-state index >= 15 is 0 Å². The maximum atomic E-state index is 13.0. The van der Waals surface area contributed by atoms with Gasteiger partial charge in [-0.05, 0) is 29.5 Å². The predicted molar refractivity (Wildman–Crippen MR) is 110 cm³/mol. The SMILES string of the molecule is C[C@H]1C[C@H](NC(O)c2nnc(Cc3ccccc3)[nH]2)C(=O)N(C)c2ccccc21. The molecular formula is C22H25N5O2. The Morgan fingerprint density at radius 2 is 1.90 bits per heavy atom. The van der Waals surface area contributed by atoms with Crippen LogP contribution >= 0.6 is 0 Å². The van der Waals surface area contributed by atoms with Gasteiger partial charge in [-0.15, -0.1) is 10.2 Å². The lowest BCUT2D eigenvalue weighted by atomic mass is 9.94. The number of hydrogen-bond acceptors (Lipinski definition) is 5. The molecular weight excluding hydrogens is 366 g/mol. The molecule has 1 aromatic heterocycles. The minimum Gasteiger partial charge on any atom is -0.371 e. The molecule has 1 unspecified atom stereocenters. The number of aromatic nitrogens is 3. The van der Waals surface area contributed by atoms with Gasteiger partial charge in [0.15, 0.2) is 12.1 Å². The zero-order valence-corrected chi connectivity index (χ0v) is 16.5. The summed E-state index contributed by atoms with van der Waals surface area (Å²) in [6.45, 7) is 2.10. The molecule has 0 fully saturated rings. The highest BCUT2D eigenvalue weighted by atomic mass is 16.3. The van der Waals surface area contributed by atoms with E-state index in [1.165, 1.54) is 0 Å². The van der Waals surface area contributed by atoms with Gasteiger partial charge in [0.05, 0.1) is 6.04 Å². The summed E-state index contributed by atoms with van der Waals surface area (Å²) < 4.78 is 0. The van der Waals surface area contributed by atoms with Gasteiger partial charge in [-0.3, -0.25) is 10.1 Å². The number of hydrogen-bond donors (Lipinski definition) is 3. The molecule has 0 spiro atoms. The second-order valence-electron chi connectivity index (χ2n) is 7.53. The van der Waals surface area contributed by atoms with Crippen molar-refractivity contribution in [2.24, 2.45) is 0 Å². The van der Waals surface area contributed by atoms with Gasteiger partial charge in [-0.2, -0.15) is 0 Å². The summed E-state index contributed by atoms with van der Waals surface area (Å²) in [4.78, 5) is 17.7. The number of benzene rings is 2. The molecule has 29 heavy (non-hydrogen) atoms. The lowest BCUT2D eigenvalue weighted by Crippen LogP contribution is -2.46. The normalized spacial score (nSPS) is 20.2. The standard InChI is InChI=1S/C22H25N5O2/c1-14-12-17(22(29)27(2)18-11-7-6-10-16(14)18)23-21(28)20-24-19(25-26-20)13-15-8-4-3-5-9-15/h3-11,14,17,21,23,28H,12-13H2,1-2H3,(H,24,25,26)/t14-,17-,21?/m0/s1. The first-order valence-corrected chi connectivity index (χ1v) is 9.79. The first-order valence-electron chi connectivity index (χ1n) is 9.79. The Morgan fingerprint density at radius 3 is 2.69 bits per heavy atom. The first-order chi connectivity index (χ1) is 14.0. The van der Waals surface area contributed by atoms with Crippen LogP contribution in [0.4, 0.5) is 5.69 Å². The van der Waals surface area contributed by atoms with Gasteiger partial charge >= 0.3 is 0 Å². The Labute approximate surface area is 169 Å². The molecule has 4 rings (SSSR count). The number of nitrogens with one attached hydrogen (secondary N) is 2. The topological polar surface area (TPSA) is 94.1 Å². The van der Waals surface area contributed by atoms with Crippen molar-refractivity contribution in [3.63, 3.8) is 0 Å². The van der Waals surface area contributed by atoms with E-state index in [1.54, 1.807) is 11.9 Å². The third-order valence-electron chi connectivity index (χ3n) is 5.43. The van der Waals surface area contributed by atoms with E-state index in [4.69, 9.17) is 0 Å². The Bertz CT molecular complexity index is 988. The van der Waals surface area contributed by atoms with E-state index in [0.717, 1.165) is 16.8 Å². The number of rotatable bonds is 5. The summed E-state index contributed by atoms with van der Waals surface area (Å²) in [6.07, 6.45) is 0.0723. The van der Waals surface area contributed by atoms with Crippen molar-refractivity contribution in [3.05, 3.63) is 77.4 Å². The number of fused-ring (bicyclic) bond motifs is 1. The van der Waals surface area contributed by atoms with Crippen LogP contribution < -0.4 is 10.2 Å². The van der Waals surface area contributed by atoms with Crippen molar-refractivity contribution in [1.29, 1.82) is 0 Å². The van der Waals surface area contributed by atoms with E-state index in [-0.39, 0.29) is 11.8 Å². The van der Waals surface area contributed by atoms with E-state index < -0.39 is 12.3 Å². The average Bonchev–Trinajstić information content (AvgIpc) is 3.18. The monoisotopic (exact) mass is 391 g/mol. The fraction of sp³-hybridized carbons (Fsp3) is 0.318. The van der Waals surface area contributed by atoms with Crippen molar-refractivity contribution in [2.45, 2.75) is 38.0 Å². The van der Waals surface area contributed by atoms with Gasteiger partial charge < -0.3 is 15.0 Å². The molecule has 3 N–H and O–H groups in total. The molecule has 0 saturated carbocycles. The maximum Gasteiger partial charge on any atom is 0.243 e. The molecule has 7 nitrogen and oxygen atoms in total. The third-order valence-corrected chi connectivity index (χ3v) is 5.43. The summed E-state index contributed by atoms with van der Waals surface area (Å²) in [6, 6.07) is 17.3. The number of likely N-dealkylation sites (N-methyl/N-ethyl adjacent to an activating group) is 1. The third kappa shape index (κ3) is 4.06. The molecule has 0 radical (unpaired) electrons. The van der Waals surface area contributed by atoms with Gasteiger partial charge in [0.1, 0.15) is 5.82 Å². The molecule has 1 aliphatic rings. The Balaban J connectivity index is 1.47. The van der Waals surface area contributed by atoms with Crippen LogP contribution in [0.3, 0.4) is 0 Å². The van der Waals surface area contributed by atoms with Gasteiger partial charge in [-0.25, -0.2) is 0 Å². The second kappa shape index (κ2) is 8.14. The van der Waals surface area contributed by atoms with Gasteiger partial charge in [0.2, 0.25) is 5.91 Å². The molecule has 1 aliphatic heterocycles. The fourth-order valence-electron chi connectivity index (χ4n) is 3.86. The second-order valence-corrected chi connectivity index (χ2v) is 7.53. The number of anilines is 1. The van der Waals surface area contributed by atoms with Gasteiger partial charge in [0.25, 0.3) is 0 Å². The smallest absolute Gasteiger partial charge is 0.243 e. The summed E-state index contributed by atoms with van der Waals surface area (Å²) in [5, 5.41) is 21.8. The van der Waals surface area contributed by atoms with Crippen LogP contribution in [0.1, 0.15) is 48.3 Å². The lowest BCUT2D eigenvalue weighted by Gasteiger charge is -2.23. The molecule has 3 atom stereocenters. The van der Waals surface area contributed by atoms with Crippen LogP contribution in [-0.2, 0) is 11.2 Å². The van der Waals surface area contributed by atoms with Gasteiger partial charge in [-0.1, -0.05) is 55.5 Å². The van der Waals surface area contributed by atoms with Crippen LogP contribution in [0, 0.1) is 0 Å². The largest absolute Gasteiger partial charge is 0.371 e. The highest BCUT2D eigenvalue weighted by molar-refractivity contribution is 5.98. The van der Waals surface area contributed by atoms with Crippen LogP contribution in [0.15, 0.2) is 54.6 Å². The van der Waals surface area contributed by atoms with E-state index in [0.29, 0.717) is 24.5 Å². The minimum absolute atomic E-state index is 0.0788. The Morgan fingerprint density at radius 1 is 1.17 bits per heavy atom. The number of carbonyl (C=O) groups excluding carboxylic acids is 1. The lowest BCUT2D eigenvalue weighted by molar-refractivity contribution is -0.121. The zero-order valence-electron chi connectivity index (χ0n) is 16.5. The summed E-state index contributed by atoms with van der Waals surface area (Å²) in [7, 11) is 1.77. The average molecular weight is 391 g/mol. The molecule has 7 heteroatoms. The van der Waals surface area contributed by atoms with E-state index in [1.807, 2.05) is 48.5 Å². The summed E-state index contributed by atoms with van der Waals surface area (Å²) in [5.74, 6) is 1.07. The predicted octanol–water partition coefficient (Wildman–Crippen LogP) is 2.51. The molecule has 2 heterocycles. The molecule has 0 aliphatic carbocycles. The Hall–Kier alpha value is -3.03. The molecule has 3 aromatic rings. The van der Waals surface area contributed by atoms with Gasteiger partial charge in [0, 0.05) is 19.2 Å². The van der Waals surface area contributed by atoms with E-state index in [9.17, 15) is 9.90 Å². The zero-order chi connectivity index (χ0) is 20.4. The number of para-hydroxylation sites is 1. The van der Waals surface area contributed by atoms with Crippen LogP contribution in [0.25, 0.3) is 0 Å². The number of aromatic amines is 1.